The van der Waals surface area contributed by atoms with E-state index in [1.165, 1.54) is 6.08 Å². The molecule has 0 aromatic carbocycles. The summed E-state index contributed by atoms with van der Waals surface area (Å²) < 4.78 is 0. The summed E-state index contributed by atoms with van der Waals surface area (Å²) in [5.41, 5.74) is 0.478. The molecule has 1 aliphatic rings. The molecule has 0 radical (unpaired) electrons. The Labute approximate surface area is 66.4 Å². The lowest BCUT2D eigenvalue weighted by Gasteiger charge is -2.02. The van der Waals surface area contributed by atoms with Crippen LogP contribution in [0.3, 0.4) is 0 Å². The maximum absolute atomic E-state index is 11.3. The summed E-state index contributed by atoms with van der Waals surface area (Å²) in [6.45, 7) is 7.07. The Morgan fingerprint density at radius 1 is 1.36 bits per heavy atom. The molecule has 0 bridgehead atoms. The minimum Gasteiger partial charge on any atom is -0.293 e. The number of hydrogen-bond donors (Lipinski definition) is 0. The van der Waals surface area contributed by atoms with E-state index in [4.69, 9.17) is 0 Å². The molecule has 1 heteroatoms. The molecule has 0 aromatic heterocycles. The molecule has 0 amide bonds. The van der Waals surface area contributed by atoms with Gasteiger partial charge in [0.2, 0.25) is 0 Å². The average Bonchev–Trinajstić information content (AvgIpc) is 2.53. The zero-order valence-corrected chi connectivity index (χ0v) is 6.29. The van der Waals surface area contributed by atoms with Gasteiger partial charge in [-0.25, -0.2) is 0 Å². The van der Waals surface area contributed by atoms with Gasteiger partial charge in [0.15, 0.2) is 5.78 Å². The van der Waals surface area contributed by atoms with E-state index in [0.717, 1.165) is 0 Å². The van der Waals surface area contributed by atoms with Crippen molar-refractivity contribution in [2.45, 2.75) is 0 Å². The molecular formula is C10H10O. The van der Waals surface area contributed by atoms with Crippen LogP contribution in [0.5, 0.6) is 0 Å². The maximum Gasteiger partial charge on any atom is 0.172 e. The van der Waals surface area contributed by atoms with Crippen LogP contribution in [0.15, 0.2) is 49.1 Å². The van der Waals surface area contributed by atoms with Gasteiger partial charge in [-0.05, 0) is 0 Å². The summed E-state index contributed by atoms with van der Waals surface area (Å²) in [7, 11) is 0. The van der Waals surface area contributed by atoms with Crippen LogP contribution in [0, 0.1) is 5.92 Å². The summed E-state index contributed by atoms with van der Waals surface area (Å²) >= 11 is 0. The van der Waals surface area contributed by atoms with Crippen LogP contribution in [0.2, 0.25) is 0 Å². The predicted octanol–water partition coefficient (Wildman–Crippen LogP) is 2.04. The lowest BCUT2D eigenvalue weighted by Crippen LogP contribution is -2.08. The Morgan fingerprint density at radius 3 is 2.36 bits per heavy atom. The zero-order chi connectivity index (χ0) is 8.27. The summed E-state index contributed by atoms with van der Waals surface area (Å²) in [6.07, 6.45) is 8.90. The van der Waals surface area contributed by atoms with Crippen molar-refractivity contribution >= 4 is 5.78 Å². The minimum atomic E-state index is -0.111. The molecule has 0 N–H and O–H groups in total. The van der Waals surface area contributed by atoms with E-state index in [9.17, 15) is 4.79 Å². The highest BCUT2D eigenvalue weighted by Gasteiger charge is 2.14. The summed E-state index contributed by atoms with van der Waals surface area (Å²) in [4.78, 5) is 11.3. The Hall–Kier alpha value is -1.37. The molecule has 1 nitrogen and oxygen atoms in total. The second-order valence-electron chi connectivity index (χ2n) is 2.39. The van der Waals surface area contributed by atoms with Crippen LogP contribution < -0.4 is 0 Å². The fourth-order valence-electron chi connectivity index (χ4n) is 0.921. The fourth-order valence-corrected chi connectivity index (χ4v) is 0.921. The quantitative estimate of drug-likeness (QED) is 0.440. The molecule has 0 fully saturated rings. The SMILES string of the molecule is C=CC(=C)C(=O)C1C=CC=C1. The first-order chi connectivity index (χ1) is 5.25. The number of hydrogen-bond acceptors (Lipinski definition) is 1. The molecule has 0 aliphatic heterocycles. The van der Waals surface area contributed by atoms with Crippen LogP contribution in [-0.2, 0) is 4.79 Å². The van der Waals surface area contributed by atoms with Crippen LogP contribution in [0.1, 0.15) is 0 Å². The van der Waals surface area contributed by atoms with Crippen molar-refractivity contribution in [2.24, 2.45) is 5.92 Å². The molecule has 56 valence electrons. The van der Waals surface area contributed by atoms with Gasteiger partial charge in [0.05, 0.1) is 5.92 Å². The number of carbonyl (C=O) groups excluding carboxylic acids is 1. The van der Waals surface area contributed by atoms with Crippen LogP contribution in [0.25, 0.3) is 0 Å². The number of allylic oxidation sites excluding steroid dienone is 6. The summed E-state index contributed by atoms with van der Waals surface area (Å²) in [5, 5.41) is 0. The molecular weight excluding hydrogens is 136 g/mol. The van der Waals surface area contributed by atoms with Crippen molar-refractivity contribution in [1.29, 1.82) is 0 Å². The highest BCUT2D eigenvalue weighted by atomic mass is 16.1. The monoisotopic (exact) mass is 146 g/mol. The summed E-state index contributed by atoms with van der Waals surface area (Å²) in [6, 6.07) is 0. The number of ketones is 1. The average molecular weight is 146 g/mol. The molecule has 0 aromatic rings. The van der Waals surface area contributed by atoms with Gasteiger partial charge in [-0.15, -0.1) is 0 Å². The van der Waals surface area contributed by atoms with Gasteiger partial charge in [0.25, 0.3) is 0 Å². The third-order valence-corrected chi connectivity index (χ3v) is 1.61. The first-order valence-electron chi connectivity index (χ1n) is 3.46. The van der Waals surface area contributed by atoms with Gasteiger partial charge in [0.1, 0.15) is 0 Å². The fraction of sp³-hybridized carbons (Fsp3) is 0.100. The Balaban J connectivity index is 2.68. The lowest BCUT2D eigenvalue weighted by molar-refractivity contribution is -0.116. The van der Waals surface area contributed by atoms with Crippen molar-refractivity contribution < 1.29 is 4.79 Å². The van der Waals surface area contributed by atoms with E-state index in [-0.39, 0.29) is 11.7 Å². The van der Waals surface area contributed by atoms with Gasteiger partial charge in [0, 0.05) is 5.57 Å². The smallest absolute Gasteiger partial charge is 0.172 e. The molecule has 0 spiro atoms. The molecule has 0 saturated heterocycles. The maximum atomic E-state index is 11.3. The molecule has 1 rings (SSSR count). The first-order valence-corrected chi connectivity index (χ1v) is 3.46. The normalized spacial score (nSPS) is 15.3. The van der Waals surface area contributed by atoms with Gasteiger partial charge >= 0.3 is 0 Å². The van der Waals surface area contributed by atoms with Gasteiger partial charge in [-0.2, -0.15) is 0 Å². The molecule has 11 heavy (non-hydrogen) atoms. The van der Waals surface area contributed by atoms with E-state index in [1.54, 1.807) is 0 Å². The van der Waals surface area contributed by atoms with Crippen molar-refractivity contribution in [3.63, 3.8) is 0 Å². The topological polar surface area (TPSA) is 17.1 Å². The molecule has 0 unspecified atom stereocenters. The third kappa shape index (κ3) is 1.55. The molecule has 0 atom stereocenters. The van der Waals surface area contributed by atoms with Crippen molar-refractivity contribution in [2.75, 3.05) is 0 Å². The third-order valence-electron chi connectivity index (χ3n) is 1.61. The van der Waals surface area contributed by atoms with Crippen molar-refractivity contribution in [3.8, 4) is 0 Å². The van der Waals surface area contributed by atoms with Crippen LogP contribution in [-0.4, -0.2) is 5.78 Å². The van der Waals surface area contributed by atoms with E-state index in [0.29, 0.717) is 5.57 Å². The standard InChI is InChI=1S/C10H10O/c1-3-8(2)10(11)9-6-4-5-7-9/h3-7,9H,1-2H2. The predicted molar refractivity (Wildman–Crippen MR) is 46.1 cm³/mol. The minimum absolute atomic E-state index is 0.0324. The summed E-state index contributed by atoms with van der Waals surface area (Å²) in [5.74, 6) is -0.0782. The highest BCUT2D eigenvalue weighted by Crippen LogP contribution is 2.14. The van der Waals surface area contributed by atoms with Crippen molar-refractivity contribution in [3.05, 3.63) is 49.1 Å². The van der Waals surface area contributed by atoms with Gasteiger partial charge in [-0.1, -0.05) is 43.5 Å². The molecule has 0 heterocycles. The first kappa shape index (κ1) is 7.73. The lowest BCUT2D eigenvalue weighted by atomic mass is 10.0. The Bertz CT molecular complexity index is 244. The number of carbonyl (C=O) groups is 1. The van der Waals surface area contributed by atoms with Gasteiger partial charge < -0.3 is 0 Å². The second-order valence-corrected chi connectivity index (χ2v) is 2.39. The van der Waals surface area contributed by atoms with Crippen LogP contribution in [0.4, 0.5) is 0 Å². The van der Waals surface area contributed by atoms with E-state index >= 15 is 0 Å². The Morgan fingerprint density at radius 2 is 1.91 bits per heavy atom. The number of rotatable bonds is 3. The largest absolute Gasteiger partial charge is 0.293 e. The van der Waals surface area contributed by atoms with E-state index < -0.39 is 0 Å². The van der Waals surface area contributed by atoms with Crippen LogP contribution >= 0.6 is 0 Å². The number of Topliss-reactive ketones (excluding diaryl/α,β-unsaturated/α-hetero) is 1. The Kier molecular flexibility index (Phi) is 2.21. The highest BCUT2D eigenvalue weighted by molar-refractivity contribution is 6.01. The van der Waals surface area contributed by atoms with E-state index in [1.807, 2.05) is 24.3 Å². The van der Waals surface area contributed by atoms with E-state index in [2.05, 4.69) is 13.2 Å². The second kappa shape index (κ2) is 3.15. The van der Waals surface area contributed by atoms with Gasteiger partial charge in [-0.3, -0.25) is 4.79 Å². The molecule has 0 saturated carbocycles. The zero-order valence-electron chi connectivity index (χ0n) is 6.29. The molecule has 1 aliphatic carbocycles. The van der Waals surface area contributed by atoms with Crippen molar-refractivity contribution in [1.82, 2.24) is 0 Å².